The number of fused-ring (bicyclic) bond motifs is 1. The van der Waals surface area contributed by atoms with Crippen molar-refractivity contribution in [3.05, 3.63) is 46.9 Å². The molecule has 3 aromatic rings. The van der Waals surface area contributed by atoms with Gasteiger partial charge in [0.05, 0.1) is 6.20 Å². The second kappa shape index (κ2) is 5.19. The van der Waals surface area contributed by atoms with Gasteiger partial charge in [-0.1, -0.05) is 0 Å². The predicted molar refractivity (Wildman–Crippen MR) is 74.3 cm³/mol. The number of nitrogens with zero attached hydrogens (tertiary/aromatic N) is 3. The zero-order valence-electron chi connectivity index (χ0n) is 10.1. The van der Waals surface area contributed by atoms with Gasteiger partial charge in [0.15, 0.2) is 5.65 Å². The minimum atomic E-state index is -0.0193. The van der Waals surface area contributed by atoms with E-state index in [1.807, 2.05) is 11.4 Å². The van der Waals surface area contributed by atoms with E-state index >= 15 is 0 Å². The summed E-state index contributed by atoms with van der Waals surface area (Å²) < 4.78 is 1.61. The Morgan fingerprint density at radius 1 is 1.32 bits per heavy atom. The fourth-order valence-electron chi connectivity index (χ4n) is 1.83. The summed E-state index contributed by atoms with van der Waals surface area (Å²) in [6.45, 7) is 0. The zero-order valence-corrected chi connectivity index (χ0v) is 10.9. The van der Waals surface area contributed by atoms with Crippen molar-refractivity contribution in [2.24, 2.45) is 0 Å². The average Bonchev–Trinajstić information content (AvgIpc) is 3.08. The number of nitrogens with one attached hydrogen (secondary N) is 1. The van der Waals surface area contributed by atoms with Crippen LogP contribution >= 0.6 is 11.3 Å². The van der Waals surface area contributed by atoms with Crippen molar-refractivity contribution in [1.29, 1.82) is 0 Å². The summed E-state index contributed by atoms with van der Waals surface area (Å²) in [5.41, 5.74) is 1.91. The number of thiophene rings is 1. The third-order valence-corrected chi connectivity index (χ3v) is 3.51. The first-order valence-electron chi connectivity index (χ1n) is 5.92. The summed E-state index contributed by atoms with van der Waals surface area (Å²) in [5.74, 6) is 0.625. The number of aryl methyl sites for hydroxylation is 1. The van der Waals surface area contributed by atoms with E-state index in [-0.39, 0.29) is 5.91 Å². The van der Waals surface area contributed by atoms with Gasteiger partial charge in [-0.15, -0.1) is 0 Å². The smallest absolute Gasteiger partial charge is 0.225 e. The SMILES string of the molecule is O=C(CCc1ccsc1)Nc1ccnc2ccnn12. The highest BCUT2D eigenvalue weighted by molar-refractivity contribution is 7.07. The quantitative estimate of drug-likeness (QED) is 0.793. The van der Waals surface area contributed by atoms with Crippen molar-refractivity contribution >= 4 is 28.7 Å². The van der Waals surface area contributed by atoms with Crippen LogP contribution in [0.3, 0.4) is 0 Å². The fraction of sp³-hybridized carbons (Fsp3) is 0.154. The molecule has 0 aromatic carbocycles. The largest absolute Gasteiger partial charge is 0.311 e. The first kappa shape index (κ1) is 11.9. The molecule has 0 fully saturated rings. The molecule has 3 rings (SSSR count). The van der Waals surface area contributed by atoms with Crippen molar-refractivity contribution in [1.82, 2.24) is 14.6 Å². The van der Waals surface area contributed by atoms with Crippen LogP contribution in [-0.2, 0) is 11.2 Å². The van der Waals surface area contributed by atoms with Gasteiger partial charge in [0.2, 0.25) is 5.91 Å². The van der Waals surface area contributed by atoms with Gasteiger partial charge in [-0.25, -0.2) is 4.98 Å². The molecule has 1 N–H and O–H groups in total. The number of rotatable bonds is 4. The van der Waals surface area contributed by atoms with Crippen LogP contribution in [0.5, 0.6) is 0 Å². The Morgan fingerprint density at radius 3 is 3.11 bits per heavy atom. The van der Waals surface area contributed by atoms with Crippen molar-refractivity contribution in [3.63, 3.8) is 0 Å². The molecule has 0 aliphatic carbocycles. The number of amides is 1. The lowest BCUT2D eigenvalue weighted by Gasteiger charge is -2.06. The standard InChI is InChI=1S/C13H12N4OS/c18-13(2-1-10-5-8-19-9-10)16-12-3-6-14-11-4-7-15-17(11)12/h3-9H,1-2H2,(H,16,18). The van der Waals surface area contributed by atoms with E-state index in [4.69, 9.17) is 0 Å². The second-order valence-corrected chi connectivity index (χ2v) is 4.89. The molecule has 0 radical (unpaired) electrons. The Balaban J connectivity index is 1.67. The van der Waals surface area contributed by atoms with Crippen LogP contribution in [0.2, 0.25) is 0 Å². The number of anilines is 1. The Hall–Kier alpha value is -2.21. The third-order valence-electron chi connectivity index (χ3n) is 2.78. The van der Waals surface area contributed by atoms with E-state index in [0.717, 1.165) is 12.1 Å². The number of hydrogen-bond acceptors (Lipinski definition) is 4. The monoisotopic (exact) mass is 272 g/mol. The molecule has 0 saturated carbocycles. The van der Waals surface area contributed by atoms with Gasteiger partial charge < -0.3 is 5.32 Å². The van der Waals surface area contributed by atoms with E-state index in [1.54, 1.807) is 40.4 Å². The van der Waals surface area contributed by atoms with E-state index in [1.165, 1.54) is 5.56 Å². The number of carbonyl (C=O) groups excluding carboxylic acids is 1. The van der Waals surface area contributed by atoms with Crippen LogP contribution in [0, 0.1) is 0 Å². The van der Waals surface area contributed by atoms with Crippen molar-refractivity contribution in [2.45, 2.75) is 12.8 Å². The normalized spacial score (nSPS) is 10.7. The molecule has 0 bridgehead atoms. The highest BCUT2D eigenvalue weighted by Gasteiger charge is 2.07. The number of aromatic nitrogens is 3. The van der Waals surface area contributed by atoms with Crippen LogP contribution in [0.4, 0.5) is 5.82 Å². The zero-order chi connectivity index (χ0) is 13.1. The number of hydrogen-bond donors (Lipinski definition) is 1. The maximum atomic E-state index is 11.9. The van der Waals surface area contributed by atoms with E-state index in [2.05, 4.69) is 20.8 Å². The molecule has 6 heteroatoms. The van der Waals surface area contributed by atoms with Gasteiger partial charge in [-0.2, -0.15) is 21.0 Å². The lowest BCUT2D eigenvalue weighted by molar-refractivity contribution is -0.116. The maximum absolute atomic E-state index is 11.9. The summed E-state index contributed by atoms with van der Waals surface area (Å²) in [4.78, 5) is 16.1. The Labute approximate surface area is 113 Å². The van der Waals surface area contributed by atoms with E-state index in [0.29, 0.717) is 12.2 Å². The van der Waals surface area contributed by atoms with Gasteiger partial charge in [0.1, 0.15) is 5.82 Å². The van der Waals surface area contributed by atoms with Crippen molar-refractivity contribution in [2.75, 3.05) is 5.32 Å². The summed E-state index contributed by atoms with van der Waals surface area (Å²) in [6, 6.07) is 5.57. The molecule has 1 amide bonds. The molecule has 0 spiro atoms. The van der Waals surface area contributed by atoms with Crippen LogP contribution in [-0.4, -0.2) is 20.5 Å². The van der Waals surface area contributed by atoms with Gasteiger partial charge >= 0.3 is 0 Å². The average molecular weight is 272 g/mol. The Bertz CT molecular complexity index is 690. The van der Waals surface area contributed by atoms with Gasteiger partial charge in [-0.3, -0.25) is 4.79 Å². The van der Waals surface area contributed by atoms with E-state index < -0.39 is 0 Å². The highest BCUT2D eigenvalue weighted by Crippen LogP contribution is 2.11. The second-order valence-electron chi connectivity index (χ2n) is 4.11. The molecular formula is C13H12N4OS. The predicted octanol–water partition coefficient (Wildman–Crippen LogP) is 2.36. The molecule has 3 aromatic heterocycles. The molecule has 5 nitrogen and oxygen atoms in total. The Morgan fingerprint density at radius 2 is 2.26 bits per heavy atom. The lowest BCUT2D eigenvalue weighted by atomic mass is 10.2. The topological polar surface area (TPSA) is 59.3 Å². The summed E-state index contributed by atoms with van der Waals surface area (Å²) in [7, 11) is 0. The first-order valence-corrected chi connectivity index (χ1v) is 6.87. The molecule has 19 heavy (non-hydrogen) atoms. The van der Waals surface area contributed by atoms with Crippen molar-refractivity contribution in [3.8, 4) is 0 Å². The third kappa shape index (κ3) is 2.63. The minimum absolute atomic E-state index is 0.0193. The molecule has 96 valence electrons. The molecule has 0 unspecified atom stereocenters. The molecule has 0 atom stereocenters. The van der Waals surface area contributed by atoms with Crippen LogP contribution in [0.1, 0.15) is 12.0 Å². The van der Waals surface area contributed by atoms with Crippen molar-refractivity contribution < 1.29 is 4.79 Å². The van der Waals surface area contributed by atoms with Gasteiger partial charge in [0, 0.05) is 18.7 Å². The maximum Gasteiger partial charge on any atom is 0.225 e. The minimum Gasteiger partial charge on any atom is -0.311 e. The molecule has 0 aliphatic heterocycles. The molecular weight excluding hydrogens is 260 g/mol. The molecule has 0 saturated heterocycles. The van der Waals surface area contributed by atoms with Gasteiger partial charge in [0.25, 0.3) is 0 Å². The van der Waals surface area contributed by atoms with Crippen LogP contribution < -0.4 is 5.32 Å². The summed E-state index contributed by atoms with van der Waals surface area (Å²) in [6.07, 6.45) is 4.53. The summed E-state index contributed by atoms with van der Waals surface area (Å²) in [5, 5.41) is 11.1. The lowest BCUT2D eigenvalue weighted by Crippen LogP contribution is -2.15. The summed E-state index contributed by atoms with van der Waals surface area (Å²) >= 11 is 1.64. The fourth-order valence-corrected chi connectivity index (χ4v) is 2.53. The first-order chi connectivity index (χ1) is 9.33. The number of carbonyl (C=O) groups is 1. The molecule has 3 heterocycles. The van der Waals surface area contributed by atoms with E-state index in [9.17, 15) is 4.79 Å². The molecule has 0 aliphatic rings. The Kier molecular flexibility index (Phi) is 3.24. The van der Waals surface area contributed by atoms with Crippen LogP contribution in [0.15, 0.2) is 41.4 Å². The van der Waals surface area contributed by atoms with Gasteiger partial charge in [-0.05, 0) is 34.9 Å². The highest BCUT2D eigenvalue weighted by atomic mass is 32.1. The van der Waals surface area contributed by atoms with Crippen LogP contribution in [0.25, 0.3) is 5.65 Å².